The van der Waals surface area contributed by atoms with E-state index in [4.69, 9.17) is 0 Å². The quantitative estimate of drug-likeness (QED) is 0.748. The molecule has 1 N–H and O–H groups in total. The van der Waals surface area contributed by atoms with E-state index in [1.165, 1.54) is 11.1 Å². The Morgan fingerprint density at radius 3 is 2.11 bits per heavy atom. The van der Waals surface area contributed by atoms with Crippen molar-refractivity contribution in [2.75, 3.05) is 41.3 Å². The number of nitrogens with one attached hydrogen (secondary N) is 1. The Kier molecular flexibility index (Phi) is 5.10. The molecule has 4 rings (SSSR count). The van der Waals surface area contributed by atoms with Crippen LogP contribution in [0.5, 0.6) is 0 Å². The summed E-state index contributed by atoms with van der Waals surface area (Å²) in [6.07, 6.45) is 1.85. The second-order valence-corrected chi connectivity index (χ2v) is 7.32. The molecule has 28 heavy (non-hydrogen) atoms. The molecule has 0 saturated carbocycles. The van der Waals surface area contributed by atoms with Gasteiger partial charge in [-0.1, -0.05) is 12.1 Å². The lowest BCUT2D eigenvalue weighted by Crippen LogP contribution is -2.47. The van der Waals surface area contributed by atoms with Crippen molar-refractivity contribution in [1.82, 2.24) is 15.0 Å². The molecule has 0 radical (unpaired) electrons. The summed E-state index contributed by atoms with van der Waals surface area (Å²) in [4.78, 5) is 18.3. The van der Waals surface area contributed by atoms with Crippen LogP contribution in [0.2, 0.25) is 0 Å². The van der Waals surface area contributed by atoms with E-state index in [1.54, 1.807) is 0 Å². The van der Waals surface area contributed by atoms with E-state index >= 15 is 0 Å². The van der Waals surface area contributed by atoms with Gasteiger partial charge in [0, 0.05) is 44.1 Å². The maximum Gasteiger partial charge on any atom is 0.136 e. The number of rotatable bonds is 4. The van der Waals surface area contributed by atoms with Crippen LogP contribution in [0.3, 0.4) is 0 Å². The number of aromatic nitrogens is 3. The first-order chi connectivity index (χ1) is 13.6. The molecule has 0 amide bonds. The van der Waals surface area contributed by atoms with Gasteiger partial charge in [-0.25, -0.2) is 15.0 Å². The van der Waals surface area contributed by atoms with Gasteiger partial charge in [-0.15, -0.1) is 0 Å². The molecule has 0 unspecified atom stereocenters. The number of benzene rings is 1. The maximum absolute atomic E-state index is 4.67. The van der Waals surface area contributed by atoms with Crippen LogP contribution in [0.4, 0.5) is 23.1 Å². The Bertz CT molecular complexity index is 928. The first kappa shape index (κ1) is 18.2. The predicted octanol–water partition coefficient (Wildman–Crippen LogP) is 3.87. The first-order valence-electron chi connectivity index (χ1n) is 9.69. The van der Waals surface area contributed by atoms with Crippen LogP contribution in [0, 0.1) is 20.8 Å². The third-order valence-corrected chi connectivity index (χ3v) is 4.90. The molecular formula is C22H26N6. The molecule has 3 heterocycles. The number of hydrogen-bond donors (Lipinski definition) is 1. The highest BCUT2D eigenvalue weighted by Gasteiger charge is 2.19. The van der Waals surface area contributed by atoms with E-state index in [-0.39, 0.29) is 0 Å². The molecule has 1 aromatic carbocycles. The Morgan fingerprint density at radius 2 is 1.46 bits per heavy atom. The molecule has 1 aliphatic heterocycles. The number of hydrogen-bond acceptors (Lipinski definition) is 6. The molecule has 0 spiro atoms. The summed E-state index contributed by atoms with van der Waals surface area (Å²) < 4.78 is 0. The highest BCUT2D eigenvalue weighted by molar-refractivity contribution is 5.61. The van der Waals surface area contributed by atoms with Gasteiger partial charge in [0.15, 0.2) is 0 Å². The number of nitrogens with zero attached hydrogens (tertiary/aromatic N) is 5. The second-order valence-electron chi connectivity index (χ2n) is 7.32. The van der Waals surface area contributed by atoms with Crippen molar-refractivity contribution >= 4 is 23.1 Å². The fourth-order valence-electron chi connectivity index (χ4n) is 3.68. The summed E-state index contributed by atoms with van der Waals surface area (Å²) in [5, 5.41) is 3.44. The highest BCUT2D eigenvalue weighted by Crippen LogP contribution is 2.23. The normalized spacial score (nSPS) is 14.2. The van der Waals surface area contributed by atoms with Gasteiger partial charge in [-0.2, -0.15) is 0 Å². The second kappa shape index (κ2) is 7.84. The molecule has 1 fully saturated rings. The molecule has 1 saturated heterocycles. The van der Waals surface area contributed by atoms with Crippen molar-refractivity contribution in [3.8, 4) is 0 Å². The molecule has 0 aliphatic carbocycles. The first-order valence-corrected chi connectivity index (χ1v) is 9.69. The molecule has 1 aliphatic rings. The summed E-state index contributed by atoms with van der Waals surface area (Å²) in [6.45, 7) is 9.85. The maximum atomic E-state index is 4.67. The lowest BCUT2D eigenvalue weighted by molar-refractivity contribution is 0.640. The van der Waals surface area contributed by atoms with Crippen molar-refractivity contribution < 1.29 is 0 Å². The van der Waals surface area contributed by atoms with Crippen LogP contribution in [0.1, 0.15) is 17.0 Å². The van der Waals surface area contributed by atoms with Crippen LogP contribution in [-0.2, 0) is 0 Å². The Balaban J connectivity index is 1.48. The van der Waals surface area contributed by atoms with Crippen LogP contribution < -0.4 is 15.1 Å². The Morgan fingerprint density at radius 1 is 0.786 bits per heavy atom. The number of aryl methyl sites for hydroxylation is 3. The highest BCUT2D eigenvalue weighted by atomic mass is 15.3. The SMILES string of the molecule is Cc1cc(C)cc(Nc2cc(N3CCN(c4ccccn4)CC3)nc(C)n2)c1. The molecule has 144 valence electrons. The summed E-state index contributed by atoms with van der Waals surface area (Å²) in [5.41, 5.74) is 3.53. The number of pyridine rings is 1. The van der Waals surface area contributed by atoms with Crippen molar-refractivity contribution in [2.45, 2.75) is 20.8 Å². The van der Waals surface area contributed by atoms with E-state index in [0.29, 0.717) is 0 Å². The predicted molar refractivity (Wildman–Crippen MR) is 115 cm³/mol. The van der Waals surface area contributed by atoms with Crippen LogP contribution >= 0.6 is 0 Å². The van der Waals surface area contributed by atoms with Gasteiger partial charge in [0.1, 0.15) is 23.3 Å². The third-order valence-electron chi connectivity index (χ3n) is 4.90. The lowest BCUT2D eigenvalue weighted by Gasteiger charge is -2.36. The van der Waals surface area contributed by atoms with Gasteiger partial charge in [0.05, 0.1) is 0 Å². The summed E-state index contributed by atoms with van der Waals surface area (Å²) >= 11 is 0. The Hall–Kier alpha value is -3.15. The summed E-state index contributed by atoms with van der Waals surface area (Å²) in [5.74, 6) is 3.62. The van der Waals surface area contributed by atoms with Crippen molar-refractivity contribution in [2.24, 2.45) is 0 Å². The van der Waals surface area contributed by atoms with Crippen molar-refractivity contribution in [3.63, 3.8) is 0 Å². The average molecular weight is 374 g/mol. The minimum atomic E-state index is 0.775. The summed E-state index contributed by atoms with van der Waals surface area (Å²) in [7, 11) is 0. The van der Waals surface area contributed by atoms with E-state index in [9.17, 15) is 0 Å². The average Bonchev–Trinajstić information content (AvgIpc) is 2.67. The summed E-state index contributed by atoms with van der Waals surface area (Å²) in [6, 6.07) is 14.5. The monoisotopic (exact) mass is 374 g/mol. The minimum Gasteiger partial charge on any atom is -0.353 e. The number of piperazine rings is 1. The smallest absolute Gasteiger partial charge is 0.136 e. The number of anilines is 4. The van der Waals surface area contributed by atoms with Crippen LogP contribution in [0.25, 0.3) is 0 Å². The van der Waals surface area contributed by atoms with Crippen LogP contribution in [0.15, 0.2) is 48.7 Å². The van der Waals surface area contributed by atoms with E-state index < -0.39 is 0 Å². The Labute approximate surface area is 166 Å². The molecule has 2 aromatic heterocycles. The van der Waals surface area contributed by atoms with Gasteiger partial charge in [0.25, 0.3) is 0 Å². The zero-order valence-electron chi connectivity index (χ0n) is 16.7. The van der Waals surface area contributed by atoms with Gasteiger partial charge in [-0.3, -0.25) is 0 Å². The van der Waals surface area contributed by atoms with Gasteiger partial charge < -0.3 is 15.1 Å². The van der Waals surface area contributed by atoms with Crippen LogP contribution in [-0.4, -0.2) is 41.1 Å². The van der Waals surface area contributed by atoms with Crippen molar-refractivity contribution in [1.29, 1.82) is 0 Å². The van der Waals surface area contributed by atoms with E-state index in [2.05, 4.69) is 68.2 Å². The zero-order valence-corrected chi connectivity index (χ0v) is 16.7. The fraction of sp³-hybridized carbons (Fsp3) is 0.318. The van der Waals surface area contributed by atoms with Crippen molar-refractivity contribution in [3.05, 3.63) is 65.6 Å². The largest absolute Gasteiger partial charge is 0.353 e. The van der Waals surface area contributed by atoms with E-state index in [0.717, 1.165) is 55.1 Å². The molecule has 3 aromatic rings. The molecule has 6 heteroatoms. The molecule has 6 nitrogen and oxygen atoms in total. The standard InChI is InChI=1S/C22H26N6/c1-16-12-17(2)14-19(13-16)26-20-15-22(25-18(3)24-20)28-10-8-27(9-11-28)21-6-4-5-7-23-21/h4-7,12-15H,8-11H2,1-3H3,(H,24,25,26). The zero-order chi connectivity index (χ0) is 19.5. The molecule has 0 bridgehead atoms. The molecule has 0 atom stereocenters. The van der Waals surface area contributed by atoms with E-state index in [1.807, 2.05) is 31.3 Å². The topological polar surface area (TPSA) is 57.2 Å². The fourth-order valence-corrected chi connectivity index (χ4v) is 3.68. The lowest BCUT2D eigenvalue weighted by atomic mass is 10.1. The van der Waals surface area contributed by atoms with Gasteiger partial charge >= 0.3 is 0 Å². The van der Waals surface area contributed by atoms with Gasteiger partial charge in [-0.05, 0) is 56.2 Å². The third kappa shape index (κ3) is 4.22. The minimum absolute atomic E-state index is 0.775. The molecular weight excluding hydrogens is 348 g/mol. The van der Waals surface area contributed by atoms with Gasteiger partial charge in [0.2, 0.25) is 0 Å².